The summed E-state index contributed by atoms with van der Waals surface area (Å²) in [7, 11) is 0. The van der Waals surface area contributed by atoms with Crippen LogP contribution < -0.4 is 10.5 Å². The number of ether oxygens (including phenoxy) is 1. The van der Waals surface area contributed by atoms with Crippen molar-refractivity contribution in [3.05, 3.63) is 40.1 Å². The van der Waals surface area contributed by atoms with E-state index < -0.39 is 5.82 Å². The molecule has 1 aromatic heterocycles. The third-order valence-corrected chi connectivity index (χ3v) is 2.88. The van der Waals surface area contributed by atoms with Gasteiger partial charge in [0.2, 0.25) is 0 Å². The van der Waals surface area contributed by atoms with Crippen molar-refractivity contribution in [1.29, 1.82) is 0 Å². The molecule has 1 heterocycles. The number of rotatable bonds is 3. The van der Waals surface area contributed by atoms with E-state index in [9.17, 15) is 4.39 Å². The zero-order valence-electron chi connectivity index (χ0n) is 8.11. The van der Waals surface area contributed by atoms with Gasteiger partial charge in [-0.05, 0) is 12.1 Å². The maximum Gasteiger partial charge on any atom is 0.180 e. The third-order valence-electron chi connectivity index (χ3n) is 1.85. The second-order valence-electron chi connectivity index (χ2n) is 3.04. The van der Waals surface area contributed by atoms with Crippen molar-refractivity contribution >= 4 is 28.1 Å². The molecule has 0 aliphatic rings. The average molecular weight is 259 g/mol. The number of nitrogens with two attached hydrogens (primary N) is 1. The van der Waals surface area contributed by atoms with Gasteiger partial charge in [0.15, 0.2) is 5.13 Å². The molecule has 0 amide bonds. The van der Waals surface area contributed by atoms with Crippen LogP contribution in [0.5, 0.6) is 5.75 Å². The topological polar surface area (TPSA) is 48.1 Å². The van der Waals surface area contributed by atoms with Crippen LogP contribution in [-0.4, -0.2) is 4.98 Å². The average Bonchev–Trinajstić information content (AvgIpc) is 2.66. The van der Waals surface area contributed by atoms with Crippen LogP contribution in [0.4, 0.5) is 9.52 Å². The highest BCUT2D eigenvalue weighted by atomic mass is 35.5. The summed E-state index contributed by atoms with van der Waals surface area (Å²) in [6, 6.07) is 4.28. The Morgan fingerprint density at radius 2 is 2.31 bits per heavy atom. The molecule has 0 fully saturated rings. The van der Waals surface area contributed by atoms with E-state index in [0.29, 0.717) is 10.9 Å². The predicted octanol–water partition coefficient (Wildman–Crippen LogP) is 3.10. The number of benzene rings is 1. The predicted molar refractivity (Wildman–Crippen MR) is 62.3 cm³/mol. The summed E-state index contributed by atoms with van der Waals surface area (Å²) in [5.74, 6) is -0.0922. The minimum atomic E-state index is -0.503. The smallest absolute Gasteiger partial charge is 0.180 e. The molecule has 84 valence electrons. The van der Waals surface area contributed by atoms with Crippen molar-refractivity contribution in [3.8, 4) is 5.75 Å². The number of halogens is 2. The van der Waals surface area contributed by atoms with Gasteiger partial charge in [-0.25, -0.2) is 9.37 Å². The zero-order chi connectivity index (χ0) is 11.5. The van der Waals surface area contributed by atoms with Gasteiger partial charge in [0.1, 0.15) is 18.2 Å². The highest BCUT2D eigenvalue weighted by molar-refractivity contribution is 7.13. The molecule has 0 atom stereocenters. The molecule has 1 aromatic carbocycles. The Labute approximate surface area is 101 Å². The summed E-state index contributed by atoms with van der Waals surface area (Å²) in [6.45, 7) is 0.259. The van der Waals surface area contributed by atoms with Crippen LogP contribution in [0, 0.1) is 5.82 Å². The molecular formula is C10H8ClFN2OS. The van der Waals surface area contributed by atoms with Gasteiger partial charge in [-0.2, -0.15) is 0 Å². The fourth-order valence-corrected chi connectivity index (χ4v) is 1.78. The Balaban J connectivity index is 2.02. The summed E-state index contributed by atoms with van der Waals surface area (Å²) in [5, 5.41) is 2.35. The molecule has 0 radical (unpaired) electrons. The summed E-state index contributed by atoms with van der Waals surface area (Å²) in [5.41, 5.74) is 6.19. The second kappa shape index (κ2) is 4.67. The lowest BCUT2D eigenvalue weighted by Crippen LogP contribution is -1.96. The van der Waals surface area contributed by atoms with E-state index >= 15 is 0 Å². The minimum absolute atomic E-state index is 0.0743. The van der Waals surface area contributed by atoms with E-state index in [1.54, 1.807) is 11.4 Å². The lowest BCUT2D eigenvalue weighted by Gasteiger charge is -2.04. The van der Waals surface area contributed by atoms with E-state index in [0.717, 1.165) is 5.69 Å². The molecule has 2 aromatic rings. The number of nitrogens with zero attached hydrogens (tertiary/aromatic N) is 1. The second-order valence-corrected chi connectivity index (χ2v) is 4.34. The Bertz CT molecular complexity index is 503. The lowest BCUT2D eigenvalue weighted by molar-refractivity contribution is 0.300. The number of aromatic nitrogens is 1. The van der Waals surface area contributed by atoms with Crippen LogP contribution >= 0.6 is 22.9 Å². The molecule has 0 unspecified atom stereocenters. The number of thiazole rings is 1. The van der Waals surface area contributed by atoms with Gasteiger partial charge in [0.05, 0.1) is 10.7 Å². The summed E-state index contributed by atoms with van der Waals surface area (Å²) in [4.78, 5) is 4.02. The van der Waals surface area contributed by atoms with Crippen LogP contribution in [0.1, 0.15) is 5.69 Å². The standard InChI is InChI=1S/C10H8ClFN2OS/c11-8-2-1-7(3-9(8)12)15-4-6-5-16-10(13)14-6/h1-3,5H,4H2,(H2,13,14). The SMILES string of the molecule is Nc1nc(COc2ccc(Cl)c(F)c2)cs1. The number of hydrogen-bond acceptors (Lipinski definition) is 4. The van der Waals surface area contributed by atoms with Crippen LogP contribution in [-0.2, 0) is 6.61 Å². The van der Waals surface area contributed by atoms with Gasteiger partial charge in [0.25, 0.3) is 0 Å². The minimum Gasteiger partial charge on any atom is -0.487 e. The van der Waals surface area contributed by atoms with Gasteiger partial charge in [0, 0.05) is 11.4 Å². The zero-order valence-corrected chi connectivity index (χ0v) is 9.69. The summed E-state index contributed by atoms with van der Waals surface area (Å²) < 4.78 is 18.4. The van der Waals surface area contributed by atoms with Gasteiger partial charge in [-0.3, -0.25) is 0 Å². The molecule has 0 saturated carbocycles. The highest BCUT2D eigenvalue weighted by Gasteiger charge is 2.03. The molecule has 2 N–H and O–H groups in total. The summed E-state index contributed by atoms with van der Waals surface area (Å²) in [6.07, 6.45) is 0. The first-order valence-electron chi connectivity index (χ1n) is 4.43. The molecule has 6 heteroatoms. The van der Waals surface area contributed by atoms with Crippen LogP contribution in [0.2, 0.25) is 5.02 Å². The van der Waals surface area contributed by atoms with Crippen molar-refractivity contribution in [2.75, 3.05) is 5.73 Å². The van der Waals surface area contributed by atoms with Crippen molar-refractivity contribution in [2.24, 2.45) is 0 Å². The quantitative estimate of drug-likeness (QED) is 0.920. The van der Waals surface area contributed by atoms with Gasteiger partial charge >= 0.3 is 0 Å². The molecule has 3 nitrogen and oxygen atoms in total. The lowest BCUT2D eigenvalue weighted by atomic mass is 10.3. The van der Waals surface area contributed by atoms with Crippen molar-refractivity contribution in [3.63, 3.8) is 0 Å². The molecule has 16 heavy (non-hydrogen) atoms. The third kappa shape index (κ3) is 2.62. The first-order chi connectivity index (χ1) is 7.65. The van der Waals surface area contributed by atoms with E-state index in [4.69, 9.17) is 22.1 Å². The first kappa shape index (κ1) is 11.2. The van der Waals surface area contributed by atoms with Crippen LogP contribution in [0.3, 0.4) is 0 Å². The van der Waals surface area contributed by atoms with E-state index in [2.05, 4.69) is 4.98 Å². The van der Waals surface area contributed by atoms with Crippen molar-refractivity contribution in [1.82, 2.24) is 4.98 Å². The molecule has 0 aliphatic carbocycles. The number of anilines is 1. The molecule has 0 aliphatic heterocycles. The maximum absolute atomic E-state index is 13.1. The first-order valence-corrected chi connectivity index (χ1v) is 5.68. The summed E-state index contributed by atoms with van der Waals surface area (Å²) >= 11 is 6.88. The highest BCUT2D eigenvalue weighted by Crippen LogP contribution is 2.21. The fraction of sp³-hybridized carbons (Fsp3) is 0.100. The fourth-order valence-electron chi connectivity index (χ4n) is 1.11. The number of hydrogen-bond donors (Lipinski definition) is 1. The molecular weight excluding hydrogens is 251 g/mol. The van der Waals surface area contributed by atoms with Gasteiger partial charge in [-0.1, -0.05) is 11.6 Å². The maximum atomic E-state index is 13.1. The van der Waals surface area contributed by atoms with E-state index in [1.165, 1.54) is 23.5 Å². The Morgan fingerprint density at radius 1 is 1.50 bits per heavy atom. The number of nitrogen functional groups attached to an aromatic ring is 1. The molecule has 2 rings (SSSR count). The van der Waals surface area contributed by atoms with Crippen molar-refractivity contribution < 1.29 is 9.13 Å². The van der Waals surface area contributed by atoms with Gasteiger partial charge < -0.3 is 10.5 Å². The van der Waals surface area contributed by atoms with Crippen LogP contribution in [0.25, 0.3) is 0 Å². The Kier molecular flexibility index (Phi) is 3.26. The molecule has 0 spiro atoms. The monoisotopic (exact) mass is 258 g/mol. The normalized spacial score (nSPS) is 10.4. The Morgan fingerprint density at radius 3 is 2.94 bits per heavy atom. The molecule has 0 saturated heterocycles. The van der Waals surface area contributed by atoms with Crippen molar-refractivity contribution in [2.45, 2.75) is 6.61 Å². The molecule has 0 bridgehead atoms. The largest absolute Gasteiger partial charge is 0.487 e. The Hall–Kier alpha value is -1.33. The van der Waals surface area contributed by atoms with E-state index in [-0.39, 0.29) is 11.6 Å². The van der Waals surface area contributed by atoms with Gasteiger partial charge in [-0.15, -0.1) is 11.3 Å². The van der Waals surface area contributed by atoms with Crippen LogP contribution in [0.15, 0.2) is 23.6 Å². The van der Waals surface area contributed by atoms with E-state index in [1.807, 2.05) is 0 Å².